The van der Waals surface area contributed by atoms with Crippen LogP contribution in [0.1, 0.15) is 200 Å². The summed E-state index contributed by atoms with van der Waals surface area (Å²) < 4.78 is 4.67. The lowest BCUT2D eigenvalue weighted by Gasteiger charge is -2.04. The molecule has 0 N–H and O–H groups in total. The Labute approximate surface area is 222 Å². The van der Waals surface area contributed by atoms with E-state index >= 15 is 0 Å². The molecule has 0 heterocycles. The summed E-state index contributed by atoms with van der Waals surface area (Å²) in [4.78, 5) is 11.0. The van der Waals surface area contributed by atoms with Crippen molar-refractivity contribution in [3.63, 3.8) is 0 Å². The molecule has 210 valence electrons. The molecule has 2 nitrogen and oxygen atoms in total. The third kappa shape index (κ3) is 31.4. The minimum absolute atomic E-state index is 0.0602. The van der Waals surface area contributed by atoms with Crippen molar-refractivity contribution < 1.29 is 9.53 Å². The van der Waals surface area contributed by atoms with Gasteiger partial charge in [0.05, 0.1) is 7.11 Å². The molecule has 0 radical (unpaired) electrons. The van der Waals surface area contributed by atoms with E-state index in [9.17, 15) is 4.79 Å². The quantitative estimate of drug-likeness (QED) is 0.0732. The maximum Gasteiger partial charge on any atom is 0.305 e. The number of carbonyl (C=O) groups is 1. The first-order valence-corrected chi connectivity index (χ1v) is 16.4. The number of esters is 1. The maximum atomic E-state index is 11.0. The van der Waals surface area contributed by atoms with Crippen LogP contribution in [0.15, 0.2) is 0 Å². The van der Waals surface area contributed by atoms with Gasteiger partial charge in [-0.3, -0.25) is 4.79 Å². The van der Waals surface area contributed by atoms with Gasteiger partial charge in [-0.25, -0.2) is 0 Å². The molecule has 0 aliphatic heterocycles. The molecule has 0 aromatic heterocycles. The second-order valence-electron chi connectivity index (χ2n) is 11.2. The van der Waals surface area contributed by atoms with Crippen LogP contribution in [0, 0.1) is 0 Å². The van der Waals surface area contributed by atoms with Crippen LogP contribution >= 0.6 is 0 Å². The number of ether oxygens (including phenoxy) is 1. The summed E-state index contributed by atoms with van der Waals surface area (Å²) in [5.74, 6) is -0.0602. The zero-order valence-corrected chi connectivity index (χ0v) is 24.5. The largest absolute Gasteiger partial charge is 0.469 e. The van der Waals surface area contributed by atoms with Crippen molar-refractivity contribution in [3.8, 4) is 0 Å². The second kappa shape index (κ2) is 31.5. The van der Waals surface area contributed by atoms with Gasteiger partial charge in [0.25, 0.3) is 0 Å². The van der Waals surface area contributed by atoms with Gasteiger partial charge in [0, 0.05) is 6.42 Å². The topological polar surface area (TPSA) is 26.3 Å². The molecule has 0 aliphatic rings. The van der Waals surface area contributed by atoms with Crippen molar-refractivity contribution in [2.24, 2.45) is 0 Å². The monoisotopic (exact) mass is 495 g/mol. The fraction of sp³-hybridized carbons (Fsp3) is 0.970. The molecular weight excluding hydrogens is 428 g/mol. The van der Waals surface area contributed by atoms with Crippen LogP contribution < -0.4 is 0 Å². The Kier molecular flexibility index (Phi) is 31.0. The molecule has 0 aromatic carbocycles. The highest BCUT2D eigenvalue weighted by molar-refractivity contribution is 5.68. The Balaban J connectivity index is 3.02. The van der Waals surface area contributed by atoms with Crippen LogP contribution in [0.25, 0.3) is 0 Å². The van der Waals surface area contributed by atoms with Gasteiger partial charge in [-0.2, -0.15) is 0 Å². The summed E-state index contributed by atoms with van der Waals surface area (Å²) in [6.45, 7) is 2.30. The molecule has 0 atom stereocenters. The number of hydrogen-bond acceptors (Lipinski definition) is 2. The lowest BCUT2D eigenvalue weighted by Crippen LogP contribution is -1.99. The minimum Gasteiger partial charge on any atom is -0.469 e. The van der Waals surface area contributed by atoms with E-state index in [0.717, 1.165) is 6.42 Å². The average Bonchev–Trinajstić information content (AvgIpc) is 2.87. The fourth-order valence-electron chi connectivity index (χ4n) is 5.22. The van der Waals surface area contributed by atoms with Gasteiger partial charge in [-0.15, -0.1) is 0 Å². The van der Waals surface area contributed by atoms with Gasteiger partial charge in [0.15, 0.2) is 0 Å². The number of carbonyl (C=O) groups excluding carboxylic acids is 1. The molecule has 0 amide bonds. The SMILES string of the molecule is CCCCCCCCCCCCCCCCCCCCCCCCCCCCCCCC(=O)OC. The van der Waals surface area contributed by atoms with Crippen LogP contribution in [0.2, 0.25) is 0 Å². The average molecular weight is 495 g/mol. The molecule has 2 heteroatoms. The molecule has 0 spiro atoms. The Morgan fingerprint density at radius 2 is 0.571 bits per heavy atom. The van der Waals surface area contributed by atoms with Crippen LogP contribution in [-0.4, -0.2) is 13.1 Å². The van der Waals surface area contributed by atoms with Crippen molar-refractivity contribution in [2.75, 3.05) is 7.11 Å². The summed E-state index contributed by atoms with van der Waals surface area (Å²) in [5.41, 5.74) is 0. The standard InChI is InChI=1S/C33H66O2/c1-3-4-5-6-7-8-9-10-11-12-13-14-15-16-17-18-19-20-21-22-23-24-25-26-27-28-29-30-31-32-33(34)35-2/h3-32H2,1-2H3. The zero-order chi connectivity index (χ0) is 25.5. The van der Waals surface area contributed by atoms with Crippen LogP contribution in [0.5, 0.6) is 0 Å². The van der Waals surface area contributed by atoms with Gasteiger partial charge >= 0.3 is 5.97 Å². The highest BCUT2D eigenvalue weighted by Gasteiger charge is 1.99. The normalized spacial score (nSPS) is 11.3. The molecule has 0 aliphatic carbocycles. The van der Waals surface area contributed by atoms with E-state index in [1.807, 2.05) is 0 Å². The molecule has 35 heavy (non-hydrogen) atoms. The minimum atomic E-state index is -0.0602. The Morgan fingerprint density at radius 3 is 0.771 bits per heavy atom. The van der Waals surface area contributed by atoms with E-state index in [2.05, 4.69) is 11.7 Å². The highest BCUT2D eigenvalue weighted by atomic mass is 16.5. The van der Waals surface area contributed by atoms with E-state index in [-0.39, 0.29) is 5.97 Å². The molecule has 0 saturated carbocycles. The zero-order valence-electron chi connectivity index (χ0n) is 24.5. The summed E-state index contributed by atoms with van der Waals surface area (Å²) in [7, 11) is 1.48. The van der Waals surface area contributed by atoms with Gasteiger partial charge in [-0.05, 0) is 6.42 Å². The maximum absolute atomic E-state index is 11.0. The third-order valence-electron chi connectivity index (χ3n) is 7.71. The van der Waals surface area contributed by atoms with E-state index in [1.54, 1.807) is 0 Å². The molecule has 0 rings (SSSR count). The van der Waals surface area contributed by atoms with E-state index in [0.29, 0.717) is 6.42 Å². The second-order valence-corrected chi connectivity index (χ2v) is 11.2. The van der Waals surface area contributed by atoms with Crippen molar-refractivity contribution in [3.05, 3.63) is 0 Å². The lowest BCUT2D eigenvalue weighted by atomic mass is 10.0. The van der Waals surface area contributed by atoms with Gasteiger partial charge in [-0.1, -0.05) is 187 Å². The highest BCUT2D eigenvalue weighted by Crippen LogP contribution is 2.16. The van der Waals surface area contributed by atoms with E-state index in [4.69, 9.17) is 0 Å². The molecule has 0 fully saturated rings. The van der Waals surface area contributed by atoms with Gasteiger partial charge in [0.1, 0.15) is 0 Å². The Bertz CT molecular complexity index is 393. The first-order chi connectivity index (χ1) is 17.3. The summed E-state index contributed by atoms with van der Waals surface area (Å²) in [6, 6.07) is 0. The smallest absolute Gasteiger partial charge is 0.305 e. The Morgan fingerprint density at radius 1 is 0.371 bits per heavy atom. The summed E-state index contributed by atoms with van der Waals surface area (Å²) in [5, 5.41) is 0. The number of hydrogen-bond donors (Lipinski definition) is 0. The molecule has 0 bridgehead atoms. The first-order valence-electron chi connectivity index (χ1n) is 16.4. The predicted octanol–water partition coefficient (Wildman–Crippen LogP) is 11.9. The molecule has 0 aromatic rings. The van der Waals surface area contributed by atoms with E-state index < -0.39 is 0 Å². The molecule has 0 unspecified atom stereocenters. The molecule has 0 saturated heterocycles. The van der Waals surface area contributed by atoms with Gasteiger partial charge < -0.3 is 4.74 Å². The lowest BCUT2D eigenvalue weighted by molar-refractivity contribution is -0.140. The van der Waals surface area contributed by atoms with Crippen LogP contribution in [-0.2, 0) is 9.53 Å². The summed E-state index contributed by atoms with van der Waals surface area (Å²) >= 11 is 0. The van der Waals surface area contributed by atoms with Crippen LogP contribution in [0.3, 0.4) is 0 Å². The number of unbranched alkanes of at least 4 members (excludes halogenated alkanes) is 28. The summed E-state index contributed by atoms with van der Waals surface area (Å²) in [6.07, 6.45) is 41.7. The third-order valence-corrected chi connectivity index (χ3v) is 7.71. The van der Waals surface area contributed by atoms with Crippen molar-refractivity contribution >= 4 is 5.97 Å². The molecular formula is C33H66O2. The van der Waals surface area contributed by atoms with Crippen molar-refractivity contribution in [1.82, 2.24) is 0 Å². The Hall–Kier alpha value is -0.530. The first kappa shape index (κ1) is 34.5. The fourth-order valence-corrected chi connectivity index (χ4v) is 5.22. The van der Waals surface area contributed by atoms with Crippen molar-refractivity contribution in [2.45, 2.75) is 200 Å². The van der Waals surface area contributed by atoms with E-state index in [1.165, 1.54) is 187 Å². The van der Waals surface area contributed by atoms with Gasteiger partial charge in [0.2, 0.25) is 0 Å². The number of rotatable bonds is 30. The number of methoxy groups -OCH3 is 1. The van der Waals surface area contributed by atoms with Crippen LogP contribution in [0.4, 0.5) is 0 Å². The predicted molar refractivity (Wildman–Crippen MR) is 156 cm³/mol. The van der Waals surface area contributed by atoms with Crippen molar-refractivity contribution in [1.29, 1.82) is 0 Å².